The first-order valence-corrected chi connectivity index (χ1v) is 14.1. The van der Waals surface area contributed by atoms with E-state index in [1.807, 2.05) is 0 Å². The zero-order valence-corrected chi connectivity index (χ0v) is 26.4. The second kappa shape index (κ2) is 13.1. The molecule has 0 bridgehead atoms. The van der Waals surface area contributed by atoms with Gasteiger partial charge in [0, 0.05) is 12.1 Å². The molecule has 2 aromatic rings. The zero-order chi connectivity index (χ0) is 32.4. The number of fused-ring (bicyclic) bond motifs is 1. The highest BCUT2D eigenvalue weighted by molar-refractivity contribution is 6.29. The first-order valence-electron chi connectivity index (χ1n) is 13.7. The fourth-order valence-corrected chi connectivity index (χ4v) is 4.40. The average Bonchev–Trinajstić information content (AvgIpc) is 3.38. The number of aromatic nitrogens is 3. The molecule has 1 aliphatic rings. The lowest BCUT2D eigenvalue weighted by molar-refractivity contribution is -0.164. The second-order valence-electron chi connectivity index (χ2n) is 12.0. The number of rotatable bonds is 8. The quantitative estimate of drug-likeness (QED) is 0.165. The van der Waals surface area contributed by atoms with Crippen molar-refractivity contribution in [1.29, 1.82) is 0 Å². The molecule has 0 aromatic carbocycles. The van der Waals surface area contributed by atoms with Crippen molar-refractivity contribution in [2.75, 3.05) is 18.1 Å². The van der Waals surface area contributed by atoms with Crippen LogP contribution in [0.15, 0.2) is 12.3 Å². The van der Waals surface area contributed by atoms with Crippen LogP contribution in [0.25, 0.3) is 11.0 Å². The van der Waals surface area contributed by atoms with Crippen LogP contribution in [0.3, 0.4) is 0 Å². The van der Waals surface area contributed by atoms with E-state index < -0.39 is 65.7 Å². The van der Waals surface area contributed by atoms with E-state index in [2.05, 4.69) is 9.97 Å². The van der Waals surface area contributed by atoms with Crippen LogP contribution >= 0.6 is 11.6 Å². The number of halogens is 2. The summed E-state index contributed by atoms with van der Waals surface area (Å²) in [6.45, 7) is 13.9. The molecule has 1 aliphatic heterocycles. The van der Waals surface area contributed by atoms with Gasteiger partial charge in [-0.25, -0.2) is 18.8 Å². The number of hydrogen-bond donors (Lipinski definition) is 0. The molecular weight excluding hydrogens is 591 g/mol. The van der Waals surface area contributed by atoms with Crippen molar-refractivity contribution in [1.82, 2.24) is 14.5 Å². The van der Waals surface area contributed by atoms with Crippen LogP contribution in [-0.4, -0.2) is 81.3 Å². The molecule has 2 amide bonds. The number of nitrogens with zero attached hydrogens (tertiary/aromatic N) is 4. The minimum Gasteiger partial charge on any atom is -0.464 e. The third kappa shape index (κ3) is 8.18. The Labute approximate surface area is 253 Å². The molecule has 15 heteroatoms. The highest BCUT2D eigenvalue weighted by atomic mass is 35.5. The molecule has 3 heterocycles. The molecule has 1 saturated heterocycles. The van der Waals surface area contributed by atoms with Crippen molar-refractivity contribution in [2.45, 2.75) is 98.1 Å². The van der Waals surface area contributed by atoms with E-state index in [4.69, 9.17) is 35.3 Å². The maximum absolute atomic E-state index is 15.7. The SMILES string of the molecule is CCOC(=O)C(OC[C@H]1O[C@@H](n2ccc3c(N(C(=O)OC(C)(C)C)C(=O)OC(C)(C)C)nc(Cl)nc32)[C@@H](F)[C@@H]1C)C(C)=O. The number of esters is 1. The zero-order valence-electron chi connectivity index (χ0n) is 25.7. The Morgan fingerprint density at radius 3 is 2.19 bits per heavy atom. The van der Waals surface area contributed by atoms with Crippen LogP contribution in [0.2, 0.25) is 5.28 Å². The Morgan fingerprint density at radius 2 is 1.67 bits per heavy atom. The average molecular weight is 629 g/mol. The van der Waals surface area contributed by atoms with Crippen LogP contribution in [0.4, 0.5) is 19.8 Å². The molecule has 0 N–H and O–H groups in total. The van der Waals surface area contributed by atoms with Gasteiger partial charge >= 0.3 is 18.2 Å². The van der Waals surface area contributed by atoms with Crippen molar-refractivity contribution in [3.8, 4) is 0 Å². The number of amides is 2. The van der Waals surface area contributed by atoms with Crippen LogP contribution in [0.1, 0.15) is 68.5 Å². The van der Waals surface area contributed by atoms with Crippen molar-refractivity contribution in [2.24, 2.45) is 5.92 Å². The standard InChI is InChI=1S/C28H38ClFN4O9/c1-10-39-23(36)19(15(3)35)40-13-17-14(2)18(30)22(41-17)33-12-11-16-20(33)31-24(29)32-21(16)34(25(37)42-27(4,5)6)26(38)43-28(7,8)9/h11-12,14,17-19,22H,10,13H2,1-9H3/t14-,17-,18+,19?,22-/m1/s1. The molecule has 3 rings (SSSR count). The molecule has 1 unspecified atom stereocenters. The number of ketones is 1. The largest absolute Gasteiger partial charge is 0.464 e. The Hall–Kier alpha value is -3.36. The highest BCUT2D eigenvalue weighted by Crippen LogP contribution is 2.39. The summed E-state index contributed by atoms with van der Waals surface area (Å²) in [4.78, 5) is 59.5. The summed E-state index contributed by atoms with van der Waals surface area (Å²) in [5, 5.41) is -0.192. The predicted octanol–water partition coefficient (Wildman–Crippen LogP) is 5.17. The van der Waals surface area contributed by atoms with Gasteiger partial charge in [-0.15, -0.1) is 0 Å². The number of imide groups is 1. The van der Waals surface area contributed by atoms with Crippen LogP contribution < -0.4 is 4.90 Å². The molecule has 0 radical (unpaired) electrons. The van der Waals surface area contributed by atoms with Gasteiger partial charge in [-0.3, -0.25) is 4.79 Å². The van der Waals surface area contributed by atoms with E-state index in [-0.39, 0.29) is 35.3 Å². The molecule has 13 nitrogen and oxygen atoms in total. The molecule has 43 heavy (non-hydrogen) atoms. The lowest BCUT2D eigenvalue weighted by atomic mass is 10.0. The molecule has 0 saturated carbocycles. The maximum atomic E-state index is 15.7. The van der Waals surface area contributed by atoms with Crippen LogP contribution in [0, 0.1) is 5.92 Å². The molecule has 0 spiro atoms. The van der Waals surface area contributed by atoms with Gasteiger partial charge in [-0.1, -0.05) is 6.92 Å². The monoisotopic (exact) mass is 628 g/mol. The van der Waals surface area contributed by atoms with Crippen molar-refractivity contribution in [3.63, 3.8) is 0 Å². The Morgan fingerprint density at radius 1 is 1.09 bits per heavy atom. The van der Waals surface area contributed by atoms with Gasteiger partial charge in [0.05, 0.1) is 24.7 Å². The van der Waals surface area contributed by atoms with Crippen molar-refractivity contribution >= 4 is 52.4 Å². The smallest absolute Gasteiger partial charge is 0.425 e. The Kier molecular flexibility index (Phi) is 10.4. The summed E-state index contributed by atoms with van der Waals surface area (Å²) >= 11 is 6.25. The lowest BCUT2D eigenvalue weighted by Crippen LogP contribution is -2.44. The van der Waals surface area contributed by atoms with Gasteiger partial charge in [0.25, 0.3) is 0 Å². The summed E-state index contributed by atoms with van der Waals surface area (Å²) in [6.07, 6.45) is -5.85. The first kappa shape index (κ1) is 34.1. The maximum Gasteiger partial charge on any atom is 0.425 e. The van der Waals surface area contributed by atoms with E-state index in [1.165, 1.54) is 23.8 Å². The normalized spacial score (nSPS) is 21.4. The lowest BCUT2D eigenvalue weighted by Gasteiger charge is -2.28. The van der Waals surface area contributed by atoms with E-state index in [0.717, 1.165) is 0 Å². The number of ether oxygens (including phenoxy) is 5. The Balaban J connectivity index is 1.98. The van der Waals surface area contributed by atoms with Gasteiger partial charge in [-0.2, -0.15) is 14.9 Å². The van der Waals surface area contributed by atoms with E-state index in [0.29, 0.717) is 4.90 Å². The van der Waals surface area contributed by atoms with E-state index in [1.54, 1.807) is 55.4 Å². The summed E-state index contributed by atoms with van der Waals surface area (Å²) in [5.74, 6) is -2.37. The number of carbonyl (C=O) groups is 4. The topological polar surface area (TPSA) is 148 Å². The minimum absolute atomic E-state index is 0.0571. The van der Waals surface area contributed by atoms with E-state index in [9.17, 15) is 19.2 Å². The van der Waals surface area contributed by atoms with E-state index >= 15 is 4.39 Å². The van der Waals surface area contributed by atoms with Gasteiger partial charge < -0.3 is 28.3 Å². The molecular formula is C28H38ClFN4O9. The number of hydrogen-bond acceptors (Lipinski definition) is 11. The molecule has 2 aromatic heterocycles. The second-order valence-corrected chi connectivity index (χ2v) is 12.4. The molecule has 1 fully saturated rings. The number of alkyl halides is 1. The Bertz CT molecular complexity index is 1340. The fourth-order valence-electron chi connectivity index (χ4n) is 4.24. The summed E-state index contributed by atoms with van der Waals surface area (Å²) in [6, 6.07) is 1.47. The number of carbonyl (C=O) groups excluding carboxylic acids is 4. The third-order valence-electron chi connectivity index (χ3n) is 6.14. The van der Waals surface area contributed by atoms with Crippen molar-refractivity contribution in [3.05, 3.63) is 17.5 Å². The highest BCUT2D eigenvalue weighted by Gasteiger charge is 2.45. The molecule has 238 valence electrons. The van der Waals surface area contributed by atoms with Crippen LogP contribution in [-0.2, 0) is 33.3 Å². The summed E-state index contributed by atoms with van der Waals surface area (Å²) in [7, 11) is 0. The van der Waals surface area contributed by atoms with Gasteiger partial charge in [0.15, 0.2) is 24.0 Å². The van der Waals surface area contributed by atoms with Gasteiger partial charge in [-0.05, 0) is 73.1 Å². The number of anilines is 1. The predicted molar refractivity (Wildman–Crippen MR) is 153 cm³/mol. The first-order chi connectivity index (χ1) is 19.8. The number of Topliss-reactive ketones (excluding diaryl/α,β-unsaturated/α-hetero) is 1. The minimum atomic E-state index is -1.59. The molecule has 0 aliphatic carbocycles. The fraction of sp³-hybridized carbons (Fsp3) is 0.643. The molecule has 5 atom stereocenters. The summed E-state index contributed by atoms with van der Waals surface area (Å²) in [5.41, 5.74) is -1.89. The van der Waals surface area contributed by atoms with Gasteiger partial charge in [0.2, 0.25) is 11.4 Å². The van der Waals surface area contributed by atoms with Crippen LogP contribution in [0.5, 0.6) is 0 Å². The third-order valence-corrected chi connectivity index (χ3v) is 6.30. The summed E-state index contributed by atoms with van der Waals surface area (Å²) < 4.78 is 44.3. The van der Waals surface area contributed by atoms with Gasteiger partial charge in [0.1, 0.15) is 16.8 Å². The van der Waals surface area contributed by atoms with Crippen molar-refractivity contribution < 1.29 is 47.3 Å².